The van der Waals surface area contributed by atoms with Crippen molar-refractivity contribution in [3.63, 3.8) is 0 Å². The lowest BCUT2D eigenvalue weighted by molar-refractivity contribution is 0.0686. The molecule has 0 saturated carbocycles. The van der Waals surface area contributed by atoms with Crippen LogP contribution in [0.4, 0.5) is 0 Å². The quantitative estimate of drug-likeness (QED) is 0.830. The Morgan fingerprint density at radius 3 is 3.17 bits per heavy atom. The van der Waals surface area contributed by atoms with Crippen LogP contribution >= 0.6 is 0 Å². The fraction of sp³-hybridized carbons (Fsp3) is 0.385. The number of amides is 1. The lowest BCUT2D eigenvalue weighted by atomic mass is 10.1. The van der Waals surface area contributed by atoms with Crippen molar-refractivity contribution in [2.75, 3.05) is 26.7 Å². The molecule has 1 amide bonds. The van der Waals surface area contributed by atoms with E-state index < -0.39 is 6.04 Å². The Kier molecular flexibility index (Phi) is 3.80. The van der Waals surface area contributed by atoms with Crippen molar-refractivity contribution in [1.82, 2.24) is 10.2 Å². The number of nitriles is 1. The topological polar surface area (TPSA) is 65.4 Å². The predicted octanol–water partition coefficient (Wildman–Crippen LogP) is 0.633. The van der Waals surface area contributed by atoms with Crippen LogP contribution in [0.5, 0.6) is 5.75 Å². The van der Waals surface area contributed by atoms with Crippen LogP contribution in [-0.4, -0.2) is 43.6 Å². The summed E-state index contributed by atoms with van der Waals surface area (Å²) in [5.41, 5.74) is 0.552. The Labute approximate surface area is 106 Å². The number of piperazine rings is 1. The minimum Gasteiger partial charge on any atom is -0.497 e. The number of nitrogens with one attached hydrogen (secondary N) is 1. The molecule has 1 fully saturated rings. The first-order valence-corrected chi connectivity index (χ1v) is 5.81. The summed E-state index contributed by atoms with van der Waals surface area (Å²) in [5, 5.41) is 12.2. The van der Waals surface area contributed by atoms with Gasteiger partial charge in [0.1, 0.15) is 11.8 Å². The molecule has 0 bridgehead atoms. The zero-order valence-corrected chi connectivity index (χ0v) is 10.2. The van der Waals surface area contributed by atoms with Crippen molar-refractivity contribution in [2.45, 2.75) is 6.04 Å². The monoisotopic (exact) mass is 245 g/mol. The summed E-state index contributed by atoms with van der Waals surface area (Å²) in [6.45, 7) is 1.79. The van der Waals surface area contributed by atoms with Crippen LogP contribution in [-0.2, 0) is 0 Å². The highest BCUT2D eigenvalue weighted by molar-refractivity contribution is 5.95. The van der Waals surface area contributed by atoms with E-state index in [0.29, 0.717) is 30.9 Å². The number of ether oxygens (including phenoxy) is 1. The van der Waals surface area contributed by atoms with Gasteiger partial charge in [0.15, 0.2) is 0 Å². The fourth-order valence-electron chi connectivity index (χ4n) is 1.98. The van der Waals surface area contributed by atoms with Crippen LogP contribution in [0, 0.1) is 11.3 Å². The largest absolute Gasteiger partial charge is 0.497 e. The maximum Gasteiger partial charge on any atom is 0.255 e. The molecule has 0 spiro atoms. The van der Waals surface area contributed by atoms with Crippen molar-refractivity contribution >= 4 is 5.91 Å². The molecule has 1 heterocycles. The summed E-state index contributed by atoms with van der Waals surface area (Å²) in [4.78, 5) is 13.9. The van der Waals surface area contributed by atoms with Gasteiger partial charge in [-0.05, 0) is 18.2 Å². The second-order valence-electron chi connectivity index (χ2n) is 4.08. The van der Waals surface area contributed by atoms with Crippen LogP contribution in [0.25, 0.3) is 0 Å². The van der Waals surface area contributed by atoms with E-state index in [1.807, 2.05) is 0 Å². The number of hydrogen-bond acceptors (Lipinski definition) is 4. The Hall–Kier alpha value is -2.06. The van der Waals surface area contributed by atoms with Crippen LogP contribution < -0.4 is 10.1 Å². The van der Waals surface area contributed by atoms with E-state index in [0.717, 1.165) is 0 Å². The molecule has 5 nitrogen and oxygen atoms in total. The molecule has 94 valence electrons. The highest BCUT2D eigenvalue weighted by Gasteiger charge is 2.27. The third-order valence-electron chi connectivity index (χ3n) is 2.97. The van der Waals surface area contributed by atoms with Crippen molar-refractivity contribution in [1.29, 1.82) is 5.26 Å². The van der Waals surface area contributed by atoms with E-state index in [4.69, 9.17) is 10.00 Å². The van der Waals surface area contributed by atoms with Gasteiger partial charge in [0, 0.05) is 25.2 Å². The summed E-state index contributed by atoms with van der Waals surface area (Å²) in [6, 6.07) is 8.73. The number of nitrogens with zero attached hydrogens (tertiary/aromatic N) is 2. The molecule has 5 heteroatoms. The molecular weight excluding hydrogens is 230 g/mol. The highest BCUT2D eigenvalue weighted by Crippen LogP contribution is 2.16. The van der Waals surface area contributed by atoms with Crippen LogP contribution in [0.3, 0.4) is 0 Å². The molecule has 18 heavy (non-hydrogen) atoms. The summed E-state index contributed by atoms with van der Waals surface area (Å²) in [5.74, 6) is 0.520. The third kappa shape index (κ3) is 2.44. The van der Waals surface area contributed by atoms with E-state index >= 15 is 0 Å². The molecule has 0 aromatic heterocycles. The molecule has 0 radical (unpaired) electrons. The van der Waals surface area contributed by atoms with Crippen molar-refractivity contribution in [3.8, 4) is 11.8 Å². The summed E-state index contributed by atoms with van der Waals surface area (Å²) >= 11 is 0. The lowest BCUT2D eigenvalue weighted by Gasteiger charge is -2.32. The molecule has 1 aliphatic rings. The molecule has 1 N–H and O–H groups in total. The number of hydrogen-bond donors (Lipinski definition) is 1. The number of benzene rings is 1. The normalized spacial score (nSPS) is 19.1. The molecule has 1 aliphatic heterocycles. The van der Waals surface area contributed by atoms with Crippen LogP contribution in [0.15, 0.2) is 24.3 Å². The van der Waals surface area contributed by atoms with Crippen molar-refractivity contribution in [3.05, 3.63) is 29.8 Å². The second-order valence-corrected chi connectivity index (χ2v) is 4.08. The highest BCUT2D eigenvalue weighted by atomic mass is 16.5. The molecule has 0 aliphatic carbocycles. The van der Waals surface area contributed by atoms with Gasteiger partial charge in [-0.1, -0.05) is 6.07 Å². The second kappa shape index (κ2) is 5.52. The molecular formula is C13H15N3O2. The Morgan fingerprint density at radius 2 is 2.44 bits per heavy atom. The molecule has 1 unspecified atom stereocenters. The van der Waals surface area contributed by atoms with E-state index in [1.165, 1.54) is 0 Å². The molecule has 1 saturated heterocycles. The number of carbonyl (C=O) groups excluding carboxylic acids is 1. The average molecular weight is 245 g/mol. The first-order valence-electron chi connectivity index (χ1n) is 5.81. The Balaban J connectivity index is 2.21. The van der Waals surface area contributed by atoms with Gasteiger partial charge in [0.2, 0.25) is 0 Å². The smallest absolute Gasteiger partial charge is 0.255 e. The Morgan fingerprint density at radius 1 is 1.61 bits per heavy atom. The van der Waals surface area contributed by atoms with Gasteiger partial charge >= 0.3 is 0 Å². The van der Waals surface area contributed by atoms with Crippen LogP contribution in [0.2, 0.25) is 0 Å². The first kappa shape index (κ1) is 12.4. The minimum atomic E-state index is -0.405. The summed E-state index contributed by atoms with van der Waals surface area (Å²) in [7, 11) is 1.56. The minimum absolute atomic E-state index is 0.123. The zero-order valence-electron chi connectivity index (χ0n) is 10.2. The SMILES string of the molecule is COc1cccc(C(=O)N2CCNCC2C#N)c1. The maximum absolute atomic E-state index is 12.3. The van der Waals surface area contributed by atoms with E-state index in [2.05, 4.69) is 11.4 Å². The summed E-state index contributed by atoms with van der Waals surface area (Å²) in [6.07, 6.45) is 0. The lowest BCUT2D eigenvalue weighted by Crippen LogP contribution is -2.53. The van der Waals surface area contributed by atoms with Crippen molar-refractivity contribution < 1.29 is 9.53 Å². The van der Waals surface area contributed by atoms with E-state index in [1.54, 1.807) is 36.3 Å². The van der Waals surface area contributed by atoms with Gasteiger partial charge in [0.25, 0.3) is 5.91 Å². The standard InChI is InChI=1S/C13H15N3O2/c1-18-12-4-2-3-10(7-12)13(17)16-6-5-15-9-11(16)8-14/h2-4,7,11,15H,5-6,9H2,1H3. The Bertz CT molecular complexity index is 481. The number of carbonyl (C=O) groups is 1. The van der Waals surface area contributed by atoms with E-state index in [-0.39, 0.29) is 5.91 Å². The van der Waals surface area contributed by atoms with Gasteiger partial charge in [-0.2, -0.15) is 5.26 Å². The van der Waals surface area contributed by atoms with E-state index in [9.17, 15) is 4.79 Å². The van der Waals surface area contributed by atoms with Gasteiger partial charge in [0.05, 0.1) is 13.2 Å². The summed E-state index contributed by atoms with van der Waals surface area (Å²) < 4.78 is 5.10. The third-order valence-corrected chi connectivity index (χ3v) is 2.97. The number of rotatable bonds is 2. The van der Waals surface area contributed by atoms with Gasteiger partial charge < -0.3 is 15.0 Å². The fourth-order valence-corrected chi connectivity index (χ4v) is 1.98. The van der Waals surface area contributed by atoms with Gasteiger partial charge in [-0.25, -0.2) is 0 Å². The zero-order chi connectivity index (χ0) is 13.0. The molecule has 1 atom stereocenters. The molecule has 1 aromatic rings. The van der Waals surface area contributed by atoms with Gasteiger partial charge in [-0.3, -0.25) is 4.79 Å². The van der Waals surface area contributed by atoms with Gasteiger partial charge in [-0.15, -0.1) is 0 Å². The maximum atomic E-state index is 12.3. The van der Waals surface area contributed by atoms with Crippen LogP contribution in [0.1, 0.15) is 10.4 Å². The number of methoxy groups -OCH3 is 1. The first-order chi connectivity index (χ1) is 8.76. The van der Waals surface area contributed by atoms with Crippen molar-refractivity contribution in [2.24, 2.45) is 0 Å². The predicted molar refractivity (Wildman–Crippen MR) is 66.3 cm³/mol. The molecule has 1 aromatic carbocycles. The average Bonchev–Trinajstić information content (AvgIpc) is 2.46. The molecule has 2 rings (SSSR count).